The van der Waals surface area contributed by atoms with Crippen molar-refractivity contribution in [2.75, 3.05) is 52.4 Å². The van der Waals surface area contributed by atoms with Gasteiger partial charge in [0.05, 0.1) is 0 Å². The summed E-state index contributed by atoms with van der Waals surface area (Å²) in [7, 11) is 0. The molecule has 0 aliphatic heterocycles. The van der Waals surface area contributed by atoms with E-state index in [1.165, 1.54) is 616 Å². The van der Waals surface area contributed by atoms with Crippen LogP contribution in [-0.4, -0.2) is 89.2 Å². The molecule has 0 aliphatic carbocycles. The molecule has 0 N–H and O–H groups in total. The summed E-state index contributed by atoms with van der Waals surface area (Å²) in [4.78, 5) is 9.16. The van der Waals surface area contributed by atoms with Gasteiger partial charge in [0.25, 0.3) is 0 Å². The van der Waals surface area contributed by atoms with Gasteiger partial charge in [0.15, 0.2) is 0 Å². The summed E-state index contributed by atoms with van der Waals surface area (Å²) in [6.45, 7) is 27.0. The van der Waals surface area contributed by atoms with E-state index in [1.807, 2.05) is 0 Å². The van der Waals surface area contributed by atoms with Crippen LogP contribution >= 0.6 is 48.9 Å². The minimum Gasteiger partial charge on any atom is -0.411 e. The Balaban J connectivity index is -0.000000528. The van der Waals surface area contributed by atoms with E-state index >= 15 is 0 Å². The van der Waals surface area contributed by atoms with Gasteiger partial charge in [-0.15, -0.1) is 0 Å². The standard InChI is InChI=1S/4C29H59NS2.Mo/c4*1-3-5-7-9-11-13-15-17-19-21-23-25-27-30(29(31)32)28-26-24-22-20-18-16-14-12-10-8-6-4-2;/h4*3-28H2,1-2H3,(H,31,32);/q;;;;+4/p-4. The summed E-state index contributed by atoms with van der Waals surface area (Å²) >= 11 is 42.6. The zero-order valence-electron chi connectivity index (χ0n) is 89.0. The fourth-order valence-electron chi connectivity index (χ4n) is 18.3. The Morgan fingerprint density at radius 2 is 0.171 bits per heavy atom. The van der Waals surface area contributed by atoms with Gasteiger partial charge in [-0.2, -0.15) is 0 Å². The van der Waals surface area contributed by atoms with E-state index in [4.69, 9.17) is 99.4 Å². The van der Waals surface area contributed by atoms with Crippen LogP contribution in [0.5, 0.6) is 0 Å². The van der Waals surface area contributed by atoms with E-state index in [2.05, 4.69) is 75.0 Å². The van der Waals surface area contributed by atoms with E-state index in [0.717, 1.165) is 52.4 Å². The van der Waals surface area contributed by atoms with Crippen molar-refractivity contribution in [1.82, 2.24) is 19.6 Å². The van der Waals surface area contributed by atoms with Gasteiger partial charge in [-0.1, -0.05) is 638 Å². The summed E-state index contributed by atoms with van der Waals surface area (Å²) in [6, 6.07) is 0. The van der Waals surface area contributed by atoms with Crippen LogP contribution in [0.1, 0.15) is 672 Å². The zero-order chi connectivity index (χ0) is 94.2. The minimum atomic E-state index is 0. The number of unbranched alkanes of at least 4 members (excludes halogenated alkanes) is 88. The topological polar surface area (TPSA) is 13.0 Å². The van der Waals surface area contributed by atoms with Crippen LogP contribution in [0.25, 0.3) is 0 Å². The fraction of sp³-hybridized carbons (Fsp3) is 0.966. The molecular weight excluding hydrogens is 1800 g/mol. The molecule has 0 radical (unpaired) electrons. The second-order valence-electron chi connectivity index (χ2n) is 40.1. The summed E-state index contributed by atoms with van der Waals surface area (Å²) in [5, 5.41) is 0. The molecule has 4 nitrogen and oxygen atoms in total. The maximum Gasteiger partial charge on any atom is 4.00 e. The molecule has 0 heterocycles. The average Bonchev–Trinajstić information content (AvgIpc) is 0.982. The van der Waals surface area contributed by atoms with Crippen LogP contribution in [0.3, 0.4) is 0 Å². The van der Waals surface area contributed by atoms with Gasteiger partial charge in [0, 0.05) is 52.4 Å². The Morgan fingerprint density at radius 1 is 0.116 bits per heavy atom. The molecule has 0 bridgehead atoms. The molecule has 0 amide bonds. The van der Waals surface area contributed by atoms with Gasteiger partial charge in [-0.05, 0) is 51.4 Å². The molecule has 0 aromatic carbocycles. The third kappa shape index (κ3) is 125. The Hall–Kier alpha value is 1.13. The van der Waals surface area contributed by atoms with Gasteiger partial charge < -0.3 is 119 Å². The predicted molar refractivity (Wildman–Crippen MR) is 615 cm³/mol. The maximum atomic E-state index is 5.33. The molecule has 13 heteroatoms. The van der Waals surface area contributed by atoms with Gasteiger partial charge in [0.2, 0.25) is 0 Å². The monoisotopic (exact) mass is 2040 g/mol. The minimum absolute atomic E-state index is 0. The van der Waals surface area contributed by atoms with Crippen molar-refractivity contribution in [3.05, 3.63) is 0 Å². The fourth-order valence-corrected chi connectivity index (χ4v) is 19.8. The van der Waals surface area contributed by atoms with E-state index in [1.54, 1.807) is 0 Å². The summed E-state index contributed by atoms with van der Waals surface area (Å²) in [6.07, 6.45) is 134. The van der Waals surface area contributed by atoms with Crippen LogP contribution in [0.2, 0.25) is 0 Å². The maximum absolute atomic E-state index is 5.33. The first-order chi connectivity index (χ1) is 62.9. The summed E-state index contributed by atoms with van der Waals surface area (Å²) in [5.41, 5.74) is 0. The van der Waals surface area contributed by atoms with Crippen molar-refractivity contribution in [3.63, 3.8) is 0 Å². The predicted octanol–water partition coefficient (Wildman–Crippen LogP) is 42.1. The summed E-state index contributed by atoms with van der Waals surface area (Å²) in [5.74, 6) is 0. The SMILES string of the molecule is CCCCCCCCCCCCCCN(CCCCCCCCCCCCCC)C(=S)[S-].CCCCCCCCCCCCCCN(CCCCCCCCCCCCCC)C(=S)[S-].CCCCCCCCCCCCCCN(CCCCCCCCCCCCCC)C(=S)[S-].CCCCCCCCCCCCCCN(CCCCCCCCCCCCCC)C(=S)[S-].[Mo+4]. The number of hydrogen-bond acceptors (Lipinski definition) is 8. The Labute approximate surface area is 873 Å². The van der Waals surface area contributed by atoms with Crippen LogP contribution < -0.4 is 0 Å². The molecule has 0 saturated heterocycles. The molecule has 0 aromatic heterocycles. The van der Waals surface area contributed by atoms with Crippen molar-refractivity contribution in [1.29, 1.82) is 0 Å². The van der Waals surface area contributed by atoms with Crippen LogP contribution in [0, 0.1) is 0 Å². The van der Waals surface area contributed by atoms with Crippen molar-refractivity contribution in [3.8, 4) is 0 Å². The quantitative estimate of drug-likeness (QED) is 0.0249. The molecule has 0 atom stereocenters. The smallest absolute Gasteiger partial charge is 0.411 e. The molecule has 770 valence electrons. The third-order valence-electron chi connectivity index (χ3n) is 27.3. The van der Waals surface area contributed by atoms with Gasteiger partial charge in [0.1, 0.15) is 0 Å². The van der Waals surface area contributed by atoms with Crippen molar-refractivity contribution >= 4 is 117 Å². The number of nitrogens with zero attached hydrogens (tertiary/aromatic N) is 4. The molecule has 0 aromatic rings. The molecule has 0 spiro atoms. The number of thiocarbonyl (C=S) groups is 4. The van der Waals surface area contributed by atoms with Crippen LogP contribution in [0.4, 0.5) is 0 Å². The molecular formula is C116H232MoN4S8. The molecule has 0 rings (SSSR count). The molecule has 129 heavy (non-hydrogen) atoms. The van der Waals surface area contributed by atoms with E-state index in [-0.39, 0.29) is 21.1 Å². The first-order valence-corrected chi connectivity index (χ1v) is 62.0. The van der Waals surface area contributed by atoms with Crippen LogP contribution in [0.15, 0.2) is 0 Å². The Morgan fingerprint density at radius 3 is 0.225 bits per heavy atom. The van der Waals surface area contributed by atoms with Crippen molar-refractivity contribution in [2.24, 2.45) is 0 Å². The molecule has 0 aliphatic rings. The largest absolute Gasteiger partial charge is 4.00 e. The molecule has 0 saturated carbocycles. The molecule has 0 unspecified atom stereocenters. The Bertz CT molecular complexity index is 1670. The normalized spacial score (nSPS) is 11.1. The summed E-state index contributed by atoms with van der Waals surface area (Å²) < 4.78 is 2.76. The number of hydrogen-bond donors (Lipinski definition) is 0. The second kappa shape index (κ2) is 127. The van der Waals surface area contributed by atoms with Gasteiger partial charge in [-0.25, -0.2) is 0 Å². The Kier molecular flexibility index (Phi) is 137. The first kappa shape index (κ1) is 139. The second-order valence-corrected chi connectivity index (χ2v) is 44.3. The van der Waals surface area contributed by atoms with E-state index < -0.39 is 0 Å². The third-order valence-corrected chi connectivity index (χ3v) is 29.4. The average molecular weight is 2040 g/mol. The van der Waals surface area contributed by atoms with E-state index in [0.29, 0.717) is 17.3 Å². The first-order valence-electron chi connectivity index (χ1n) is 58.7. The van der Waals surface area contributed by atoms with Crippen molar-refractivity contribution < 1.29 is 21.1 Å². The number of rotatable bonds is 104. The van der Waals surface area contributed by atoms with Crippen LogP contribution in [-0.2, 0) is 71.6 Å². The van der Waals surface area contributed by atoms with Gasteiger partial charge in [-0.3, -0.25) is 0 Å². The molecule has 0 fully saturated rings. The zero-order valence-corrected chi connectivity index (χ0v) is 97.5. The van der Waals surface area contributed by atoms with Crippen molar-refractivity contribution in [2.45, 2.75) is 672 Å². The van der Waals surface area contributed by atoms with Gasteiger partial charge >= 0.3 is 21.1 Å². The van der Waals surface area contributed by atoms with E-state index in [9.17, 15) is 0 Å².